The summed E-state index contributed by atoms with van der Waals surface area (Å²) in [5.41, 5.74) is 1.19. The third-order valence-electron chi connectivity index (χ3n) is 2.57. The second-order valence-corrected chi connectivity index (χ2v) is 5.13. The van der Waals surface area contributed by atoms with Gasteiger partial charge in [0.15, 0.2) is 0 Å². The maximum absolute atomic E-state index is 4.04. The molecule has 0 aliphatic heterocycles. The Morgan fingerprint density at radius 2 is 1.93 bits per heavy atom. The van der Waals surface area contributed by atoms with Crippen LogP contribution in [0, 0.1) is 5.92 Å². The van der Waals surface area contributed by atoms with Crippen molar-refractivity contribution in [3.63, 3.8) is 0 Å². The largest absolute Gasteiger partial charge is 0.388 e. The van der Waals surface area contributed by atoms with E-state index in [9.17, 15) is 0 Å². The van der Waals surface area contributed by atoms with Gasteiger partial charge in [0.25, 0.3) is 0 Å². The van der Waals surface area contributed by atoms with Gasteiger partial charge in [-0.25, -0.2) is 0 Å². The molecule has 0 rings (SSSR count). The van der Waals surface area contributed by atoms with Gasteiger partial charge in [0.1, 0.15) is 0 Å². The lowest BCUT2D eigenvalue weighted by molar-refractivity contribution is -0.870. The molecule has 2 nitrogen and oxygen atoms in total. The van der Waals surface area contributed by atoms with E-state index in [1.54, 1.807) is 0 Å². The molecule has 0 fully saturated rings. The molecule has 0 aromatic rings. The molecule has 1 unspecified atom stereocenters. The van der Waals surface area contributed by atoms with Gasteiger partial charge in [-0.05, 0) is 12.3 Å². The first-order valence-electron chi connectivity index (χ1n) is 5.60. The molecule has 1 N–H and O–H groups in total. The molecule has 0 aromatic heterocycles. The van der Waals surface area contributed by atoms with Crippen LogP contribution < -0.4 is 5.32 Å². The molecule has 0 radical (unpaired) electrons. The van der Waals surface area contributed by atoms with Crippen LogP contribution in [-0.4, -0.2) is 38.7 Å². The number of quaternary nitrogens is 1. The van der Waals surface area contributed by atoms with Crippen LogP contribution in [0.1, 0.15) is 26.7 Å². The molecule has 0 heterocycles. The van der Waals surface area contributed by atoms with Crippen molar-refractivity contribution >= 4 is 0 Å². The molecule has 0 amide bonds. The molecule has 0 bridgehead atoms. The van der Waals surface area contributed by atoms with Crippen molar-refractivity contribution in [2.24, 2.45) is 5.92 Å². The molecule has 0 aliphatic rings. The van der Waals surface area contributed by atoms with Crippen LogP contribution in [-0.2, 0) is 0 Å². The van der Waals surface area contributed by atoms with Gasteiger partial charge in [-0.3, -0.25) is 0 Å². The maximum atomic E-state index is 4.04. The van der Waals surface area contributed by atoms with Gasteiger partial charge in [-0.1, -0.05) is 20.4 Å². The smallest absolute Gasteiger partial charge is 0.0797 e. The van der Waals surface area contributed by atoms with E-state index in [-0.39, 0.29) is 0 Å². The molecule has 2 heteroatoms. The van der Waals surface area contributed by atoms with E-state index in [2.05, 4.69) is 46.9 Å². The Balaban J connectivity index is 3.51. The third-order valence-corrected chi connectivity index (χ3v) is 2.57. The first kappa shape index (κ1) is 13.5. The monoisotopic (exact) mass is 199 g/mol. The summed E-state index contributed by atoms with van der Waals surface area (Å²) in [6.45, 7) is 10.7. The van der Waals surface area contributed by atoms with Crippen LogP contribution >= 0.6 is 0 Å². The van der Waals surface area contributed by atoms with Gasteiger partial charge in [-0.2, -0.15) is 0 Å². The predicted molar refractivity (Wildman–Crippen MR) is 64.1 cm³/mol. The van der Waals surface area contributed by atoms with E-state index in [0.717, 1.165) is 11.0 Å². The topological polar surface area (TPSA) is 12.0 Å². The van der Waals surface area contributed by atoms with E-state index in [1.165, 1.54) is 25.1 Å². The van der Waals surface area contributed by atoms with Crippen LogP contribution in [0.4, 0.5) is 0 Å². The van der Waals surface area contributed by atoms with Crippen molar-refractivity contribution in [3.05, 3.63) is 12.3 Å². The molecular formula is C12H27N2+. The summed E-state index contributed by atoms with van der Waals surface area (Å²) in [5, 5.41) is 3.40. The van der Waals surface area contributed by atoms with Crippen molar-refractivity contribution in [2.45, 2.75) is 26.7 Å². The SMILES string of the molecule is C=C(NCCC[N+](C)(C)C)C(C)CC. The van der Waals surface area contributed by atoms with Crippen LogP contribution in [0.5, 0.6) is 0 Å². The highest BCUT2D eigenvalue weighted by Crippen LogP contribution is 2.08. The van der Waals surface area contributed by atoms with Gasteiger partial charge in [0.2, 0.25) is 0 Å². The number of nitrogens with one attached hydrogen (secondary N) is 1. The summed E-state index contributed by atoms with van der Waals surface area (Å²) >= 11 is 0. The highest BCUT2D eigenvalue weighted by atomic mass is 15.3. The molecule has 0 aliphatic carbocycles. The minimum Gasteiger partial charge on any atom is -0.388 e. The van der Waals surface area contributed by atoms with Crippen LogP contribution in [0.3, 0.4) is 0 Å². The lowest BCUT2D eigenvalue weighted by atomic mass is 10.1. The molecular weight excluding hydrogens is 172 g/mol. The Hall–Kier alpha value is -0.500. The Morgan fingerprint density at radius 1 is 1.36 bits per heavy atom. The summed E-state index contributed by atoms with van der Waals surface area (Å²) < 4.78 is 1.04. The molecule has 14 heavy (non-hydrogen) atoms. The average Bonchev–Trinajstić information content (AvgIpc) is 2.09. The van der Waals surface area contributed by atoms with Gasteiger partial charge in [0, 0.05) is 18.7 Å². The first-order chi connectivity index (χ1) is 6.37. The molecule has 0 saturated heterocycles. The summed E-state index contributed by atoms with van der Waals surface area (Å²) in [7, 11) is 6.68. The zero-order valence-corrected chi connectivity index (χ0v) is 10.6. The van der Waals surface area contributed by atoms with Crippen molar-refractivity contribution in [1.29, 1.82) is 0 Å². The summed E-state index contributed by atoms with van der Waals surface area (Å²) in [5.74, 6) is 0.596. The van der Waals surface area contributed by atoms with E-state index < -0.39 is 0 Å². The lowest BCUT2D eigenvalue weighted by Crippen LogP contribution is -2.36. The Morgan fingerprint density at radius 3 is 2.36 bits per heavy atom. The van der Waals surface area contributed by atoms with E-state index in [0.29, 0.717) is 5.92 Å². The fourth-order valence-electron chi connectivity index (χ4n) is 1.22. The number of hydrogen-bond acceptors (Lipinski definition) is 1. The fourth-order valence-corrected chi connectivity index (χ4v) is 1.22. The summed E-state index contributed by atoms with van der Waals surface area (Å²) in [6, 6.07) is 0. The Bertz CT molecular complexity index is 168. The number of hydrogen-bond donors (Lipinski definition) is 1. The van der Waals surface area contributed by atoms with Gasteiger partial charge < -0.3 is 9.80 Å². The van der Waals surface area contributed by atoms with E-state index in [1.807, 2.05) is 0 Å². The Labute approximate surface area is 89.6 Å². The maximum Gasteiger partial charge on any atom is 0.0797 e. The molecule has 1 atom stereocenters. The van der Waals surface area contributed by atoms with Crippen molar-refractivity contribution in [1.82, 2.24) is 5.32 Å². The fraction of sp³-hybridized carbons (Fsp3) is 0.833. The second-order valence-electron chi connectivity index (χ2n) is 5.13. The molecule has 84 valence electrons. The zero-order valence-electron chi connectivity index (χ0n) is 10.6. The van der Waals surface area contributed by atoms with Crippen LogP contribution in [0.2, 0.25) is 0 Å². The van der Waals surface area contributed by atoms with Crippen molar-refractivity contribution in [3.8, 4) is 0 Å². The van der Waals surface area contributed by atoms with E-state index in [4.69, 9.17) is 0 Å². The van der Waals surface area contributed by atoms with Gasteiger partial charge in [-0.15, -0.1) is 0 Å². The minimum absolute atomic E-state index is 0.596. The number of allylic oxidation sites excluding steroid dienone is 1. The van der Waals surface area contributed by atoms with E-state index >= 15 is 0 Å². The summed E-state index contributed by atoms with van der Waals surface area (Å²) in [4.78, 5) is 0. The molecule has 0 spiro atoms. The van der Waals surface area contributed by atoms with Crippen LogP contribution in [0.25, 0.3) is 0 Å². The zero-order chi connectivity index (χ0) is 11.2. The quantitative estimate of drug-likeness (QED) is 0.490. The van der Waals surface area contributed by atoms with Gasteiger partial charge in [0.05, 0.1) is 27.7 Å². The standard InChI is InChI=1S/C12H27N2/c1-7-11(2)12(3)13-9-8-10-14(4,5)6/h11,13H,3,7-10H2,1-2,4-6H3/q+1. The minimum atomic E-state index is 0.596. The normalized spacial score (nSPS) is 13.8. The second kappa shape index (κ2) is 6.07. The predicted octanol–water partition coefficient (Wildman–Crippen LogP) is 2.23. The van der Waals surface area contributed by atoms with Crippen molar-refractivity contribution < 1.29 is 4.48 Å². The van der Waals surface area contributed by atoms with Crippen molar-refractivity contribution in [2.75, 3.05) is 34.2 Å². The summed E-state index contributed by atoms with van der Waals surface area (Å²) in [6.07, 6.45) is 2.38. The molecule has 0 aromatic carbocycles. The molecule has 0 saturated carbocycles. The highest BCUT2D eigenvalue weighted by Gasteiger charge is 2.06. The number of rotatable bonds is 7. The first-order valence-corrected chi connectivity index (χ1v) is 5.60. The lowest BCUT2D eigenvalue weighted by Gasteiger charge is -2.24. The average molecular weight is 199 g/mol. The third kappa shape index (κ3) is 6.96. The van der Waals surface area contributed by atoms with Gasteiger partial charge >= 0.3 is 0 Å². The highest BCUT2D eigenvalue weighted by molar-refractivity contribution is 4.95. The number of nitrogens with zero attached hydrogens (tertiary/aromatic N) is 1. The van der Waals surface area contributed by atoms with Crippen LogP contribution in [0.15, 0.2) is 12.3 Å². The Kier molecular flexibility index (Phi) is 5.86.